The first-order valence-electron chi connectivity index (χ1n) is 8.68. The number of carbonyl (C=O) groups is 1. The van der Waals surface area contributed by atoms with Crippen LogP contribution >= 0.6 is 0 Å². The molecule has 0 unspecified atom stereocenters. The molecule has 3 aromatic rings. The van der Waals surface area contributed by atoms with Gasteiger partial charge in [0.25, 0.3) is 11.6 Å². The lowest BCUT2D eigenvalue weighted by atomic mass is 10.1. The normalized spacial score (nSPS) is 10.5. The third-order valence-corrected chi connectivity index (χ3v) is 4.41. The zero-order valence-corrected chi connectivity index (χ0v) is 15.8. The van der Waals surface area contributed by atoms with Crippen molar-refractivity contribution in [3.63, 3.8) is 0 Å². The van der Waals surface area contributed by atoms with Crippen molar-refractivity contribution in [2.75, 3.05) is 5.32 Å². The van der Waals surface area contributed by atoms with Crippen molar-refractivity contribution in [1.29, 1.82) is 0 Å². The summed E-state index contributed by atoms with van der Waals surface area (Å²) in [5, 5.41) is 13.5. The lowest BCUT2D eigenvalue weighted by molar-refractivity contribution is -0.384. The van der Waals surface area contributed by atoms with Crippen LogP contribution < -0.4 is 10.1 Å². The van der Waals surface area contributed by atoms with E-state index in [2.05, 4.69) is 5.32 Å². The van der Waals surface area contributed by atoms with Crippen LogP contribution in [-0.2, 0) is 6.61 Å². The van der Waals surface area contributed by atoms with Crippen molar-refractivity contribution < 1.29 is 18.9 Å². The monoisotopic (exact) mass is 380 g/mol. The number of carbonyl (C=O) groups excluding carboxylic acids is 1. The van der Waals surface area contributed by atoms with Crippen LogP contribution in [0.25, 0.3) is 0 Å². The van der Waals surface area contributed by atoms with E-state index in [1.165, 1.54) is 23.8 Å². The van der Waals surface area contributed by atoms with E-state index in [4.69, 9.17) is 9.15 Å². The Morgan fingerprint density at radius 1 is 1.04 bits per heavy atom. The molecule has 0 aliphatic rings. The third kappa shape index (κ3) is 4.37. The number of benzene rings is 2. The first-order chi connectivity index (χ1) is 13.3. The topological polar surface area (TPSA) is 94.6 Å². The molecule has 0 aliphatic heterocycles. The van der Waals surface area contributed by atoms with Crippen molar-refractivity contribution in [2.45, 2.75) is 27.4 Å². The summed E-state index contributed by atoms with van der Waals surface area (Å²) in [6.07, 6.45) is 0. The smallest absolute Gasteiger partial charge is 0.291 e. The minimum Gasteiger partial charge on any atom is -0.486 e. The molecule has 0 atom stereocenters. The van der Waals surface area contributed by atoms with E-state index in [-0.39, 0.29) is 18.1 Å². The predicted octanol–water partition coefficient (Wildman–Crippen LogP) is 4.94. The van der Waals surface area contributed by atoms with Crippen LogP contribution in [0, 0.1) is 30.9 Å². The van der Waals surface area contributed by atoms with Crippen LogP contribution in [0.3, 0.4) is 0 Å². The molecule has 2 aromatic carbocycles. The number of nitrogens with zero attached hydrogens (tertiary/aromatic N) is 1. The van der Waals surface area contributed by atoms with Crippen LogP contribution in [0.1, 0.15) is 33.0 Å². The molecule has 1 N–H and O–H groups in total. The second-order valence-electron chi connectivity index (χ2n) is 6.51. The molecule has 0 fully saturated rings. The Morgan fingerprint density at radius 2 is 1.82 bits per heavy atom. The molecule has 0 spiro atoms. The van der Waals surface area contributed by atoms with Crippen LogP contribution in [-0.4, -0.2) is 10.8 Å². The van der Waals surface area contributed by atoms with Crippen LogP contribution in [0.4, 0.5) is 11.4 Å². The maximum atomic E-state index is 12.4. The molecule has 1 heterocycles. The maximum absolute atomic E-state index is 12.4. The van der Waals surface area contributed by atoms with Gasteiger partial charge in [-0.2, -0.15) is 0 Å². The number of aryl methyl sites for hydroxylation is 3. The Morgan fingerprint density at radius 3 is 2.50 bits per heavy atom. The number of hydrogen-bond donors (Lipinski definition) is 1. The third-order valence-electron chi connectivity index (χ3n) is 4.41. The van der Waals surface area contributed by atoms with E-state index in [1.54, 1.807) is 19.1 Å². The number of furan rings is 1. The minimum absolute atomic E-state index is 0.0284. The van der Waals surface area contributed by atoms with Crippen molar-refractivity contribution >= 4 is 17.3 Å². The van der Waals surface area contributed by atoms with Gasteiger partial charge in [-0.15, -0.1) is 0 Å². The fourth-order valence-corrected chi connectivity index (χ4v) is 2.62. The maximum Gasteiger partial charge on any atom is 0.291 e. The number of nitro benzene ring substituents is 1. The average Bonchev–Trinajstić information content (AvgIpc) is 3.13. The molecule has 1 aromatic heterocycles. The molecule has 7 nitrogen and oxygen atoms in total. The van der Waals surface area contributed by atoms with Gasteiger partial charge in [0, 0.05) is 17.8 Å². The second-order valence-corrected chi connectivity index (χ2v) is 6.51. The molecule has 1 amide bonds. The minimum atomic E-state index is -0.479. The highest BCUT2D eigenvalue weighted by atomic mass is 16.6. The van der Waals surface area contributed by atoms with Gasteiger partial charge in [0.2, 0.25) is 0 Å². The van der Waals surface area contributed by atoms with Gasteiger partial charge in [0.05, 0.1) is 4.92 Å². The van der Waals surface area contributed by atoms with Gasteiger partial charge in [-0.1, -0.05) is 6.07 Å². The van der Waals surface area contributed by atoms with E-state index in [9.17, 15) is 14.9 Å². The van der Waals surface area contributed by atoms with Gasteiger partial charge in [-0.05, 0) is 67.8 Å². The van der Waals surface area contributed by atoms with Gasteiger partial charge in [-0.25, -0.2) is 0 Å². The van der Waals surface area contributed by atoms with Crippen molar-refractivity contribution in [3.05, 3.63) is 86.9 Å². The Labute approximate surface area is 162 Å². The fraction of sp³-hybridized carbons (Fsp3) is 0.190. The molecule has 0 aliphatic carbocycles. The zero-order valence-electron chi connectivity index (χ0n) is 15.8. The molecule has 0 radical (unpaired) electrons. The summed E-state index contributed by atoms with van der Waals surface area (Å²) in [6, 6.07) is 13.3. The number of hydrogen-bond acceptors (Lipinski definition) is 5. The first-order valence-corrected chi connectivity index (χ1v) is 8.68. The average molecular weight is 380 g/mol. The standard InChI is InChI=1S/C21H20N2O5/c1-13-4-6-17(11-14(13)2)27-12-18-7-9-20(28-18)21(24)22-19-8-5-16(23(25)26)10-15(19)3/h4-11H,12H2,1-3H3,(H,22,24). The van der Waals surface area contributed by atoms with Crippen molar-refractivity contribution in [2.24, 2.45) is 0 Å². The van der Waals surface area contributed by atoms with Crippen LogP contribution in [0.15, 0.2) is 52.9 Å². The number of rotatable bonds is 6. The van der Waals surface area contributed by atoms with Crippen LogP contribution in [0.5, 0.6) is 5.75 Å². The second kappa shape index (κ2) is 7.96. The summed E-state index contributed by atoms with van der Waals surface area (Å²) in [4.78, 5) is 22.7. The summed E-state index contributed by atoms with van der Waals surface area (Å²) < 4.78 is 11.3. The molecule has 7 heteroatoms. The highest BCUT2D eigenvalue weighted by Gasteiger charge is 2.15. The molecular weight excluding hydrogens is 360 g/mol. The lowest BCUT2D eigenvalue weighted by Gasteiger charge is -2.07. The molecule has 3 rings (SSSR count). The van der Waals surface area contributed by atoms with E-state index in [1.807, 2.05) is 32.0 Å². The number of anilines is 1. The molecule has 28 heavy (non-hydrogen) atoms. The zero-order chi connectivity index (χ0) is 20.3. The van der Waals surface area contributed by atoms with Gasteiger partial charge in [0.15, 0.2) is 5.76 Å². The predicted molar refractivity (Wildman–Crippen MR) is 105 cm³/mol. The summed E-state index contributed by atoms with van der Waals surface area (Å²) >= 11 is 0. The van der Waals surface area contributed by atoms with E-state index >= 15 is 0 Å². The fourth-order valence-electron chi connectivity index (χ4n) is 2.62. The van der Waals surface area contributed by atoms with Gasteiger partial charge < -0.3 is 14.5 Å². The number of nitro groups is 1. The Hall–Kier alpha value is -3.61. The Kier molecular flexibility index (Phi) is 5.44. The van der Waals surface area contributed by atoms with Gasteiger partial charge in [0.1, 0.15) is 18.1 Å². The van der Waals surface area contributed by atoms with E-state index < -0.39 is 10.8 Å². The summed E-state index contributed by atoms with van der Waals surface area (Å²) in [5.74, 6) is 0.946. The van der Waals surface area contributed by atoms with Crippen molar-refractivity contribution in [3.8, 4) is 5.75 Å². The number of nitrogens with one attached hydrogen (secondary N) is 1. The lowest BCUT2D eigenvalue weighted by Crippen LogP contribution is -2.12. The number of ether oxygens (including phenoxy) is 1. The van der Waals surface area contributed by atoms with E-state index in [0.717, 1.165) is 11.3 Å². The quantitative estimate of drug-likeness (QED) is 0.482. The SMILES string of the molecule is Cc1ccc(OCc2ccc(C(=O)Nc3ccc([N+](=O)[O-])cc3C)o2)cc1C. The Balaban J connectivity index is 1.63. The summed E-state index contributed by atoms with van der Waals surface area (Å²) in [6.45, 7) is 5.93. The van der Waals surface area contributed by atoms with E-state index in [0.29, 0.717) is 17.0 Å². The highest BCUT2D eigenvalue weighted by molar-refractivity contribution is 6.02. The Bertz CT molecular complexity index is 1040. The number of non-ortho nitro benzene ring substituents is 1. The number of amides is 1. The largest absolute Gasteiger partial charge is 0.486 e. The first kappa shape index (κ1) is 19.2. The molecule has 0 saturated carbocycles. The highest BCUT2D eigenvalue weighted by Crippen LogP contribution is 2.23. The molecule has 0 saturated heterocycles. The van der Waals surface area contributed by atoms with Gasteiger partial charge >= 0.3 is 0 Å². The van der Waals surface area contributed by atoms with Gasteiger partial charge in [-0.3, -0.25) is 14.9 Å². The molecular formula is C21H20N2O5. The summed E-state index contributed by atoms with van der Waals surface area (Å²) in [7, 11) is 0. The molecule has 144 valence electrons. The summed E-state index contributed by atoms with van der Waals surface area (Å²) in [5.41, 5.74) is 3.37. The van der Waals surface area contributed by atoms with Crippen molar-refractivity contribution in [1.82, 2.24) is 0 Å². The molecule has 0 bridgehead atoms. The van der Waals surface area contributed by atoms with Crippen LogP contribution in [0.2, 0.25) is 0 Å².